The Kier molecular flexibility index (Phi) is 9.01. The van der Waals surface area contributed by atoms with Crippen LogP contribution >= 0.6 is 0 Å². The van der Waals surface area contributed by atoms with Crippen molar-refractivity contribution in [2.45, 2.75) is 66.3 Å². The number of nitrogens with one attached hydrogen (secondary N) is 1. The van der Waals surface area contributed by atoms with Gasteiger partial charge in [0.1, 0.15) is 6.04 Å². The van der Waals surface area contributed by atoms with E-state index in [1.165, 1.54) is 0 Å². The Labute approximate surface area is 122 Å². The summed E-state index contributed by atoms with van der Waals surface area (Å²) < 4.78 is 10.2. The van der Waals surface area contributed by atoms with Crippen molar-refractivity contribution in [1.29, 1.82) is 0 Å². The lowest BCUT2D eigenvalue weighted by Gasteiger charge is -2.20. The molecule has 0 heterocycles. The number of unbranched alkanes of at least 4 members (excludes halogenated alkanes) is 1. The SMILES string of the molecule is CCCCC(NC(=O)OCC(C)(C)C)C(=O)OCCC. The fourth-order valence-corrected chi connectivity index (χ4v) is 1.43. The van der Waals surface area contributed by atoms with Gasteiger partial charge in [0.05, 0.1) is 13.2 Å². The van der Waals surface area contributed by atoms with Gasteiger partial charge in [0, 0.05) is 0 Å². The summed E-state index contributed by atoms with van der Waals surface area (Å²) in [4.78, 5) is 23.6. The average molecular weight is 287 g/mol. The van der Waals surface area contributed by atoms with Gasteiger partial charge in [-0.2, -0.15) is 0 Å². The molecular weight excluding hydrogens is 258 g/mol. The van der Waals surface area contributed by atoms with Crippen molar-refractivity contribution in [3.05, 3.63) is 0 Å². The predicted octanol–water partition coefficient (Wildman–Crippen LogP) is 3.27. The number of hydrogen-bond acceptors (Lipinski definition) is 4. The summed E-state index contributed by atoms with van der Waals surface area (Å²) in [7, 11) is 0. The standard InChI is InChI=1S/C15H29NO4/c1-6-8-9-12(13(17)19-10-7-2)16-14(18)20-11-15(3,4)5/h12H,6-11H2,1-5H3,(H,16,18). The molecule has 0 fully saturated rings. The minimum atomic E-state index is -0.617. The van der Waals surface area contributed by atoms with Crippen LogP contribution in [0.5, 0.6) is 0 Å². The zero-order chi connectivity index (χ0) is 15.6. The van der Waals surface area contributed by atoms with E-state index in [0.29, 0.717) is 19.6 Å². The maximum atomic E-state index is 11.9. The fourth-order valence-electron chi connectivity index (χ4n) is 1.43. The Bertz CT molecular complexity index is 297. The summed E-state index contributed by atoms with van der Waals surface area (Å²) in [5.74, 6) is -0.381. The third-order valence-electron chi connectivity index (χ3n) is 2.51. The third kappa shape index (κ3) is 9.64. The van der Waals surface area contributed by atoms with Crippen LogP contribution in [0, 0.1) is 5.41 Å². The zero-order valence-electron chi connectivity index (χ0n) is 13.5. The molecule has 0 aromatic heterocycles. The van der Waals surface area contributed by atoms with Gasteiger partial charge < -0.3 is 14.8 Å². The Hall–Kier alpha value is -1.26. The number of carbonyl (C=O) groups excluding carboxylic acids is 2. The number of ether oxygens (including phenoxy) is 2. The highest BCUT2D eigenvalue weighted by molar-refractivity contribution is 5.81. The average Bonchev–Trinajstić information content (AvgIpc) is 2.37. The molecule has 0 rings (SSSR count). The van der Waals surface area contributed by atoms with Gasteiger partial charge in [-0.3, -0.25) is 0 Å². The van der Waals surface area contributed by atoms with Gasteiger partial charge in [0.25, 0.3) is 0 Å². The van der Waals surface area contributed by atoms with Crippen LogP contribution < -0.4 is 5.32 Å². The second-order valence-corrected chi connectivity index (χ2v) is 6.14. The maximum absolute atomic E-state index is 11.9. The molecule has 1 N–H and O–H groups in total. The molecule has 0 aliphatic carbocycles. The van der Waals surface area contributed by atoms with E-state index >= 15 is 0 Å². The highest BCUT2D eigenvalue weighted by Crippen LogP contribution is 2.13. The maximum Gasteiger partial charge on any atom is 0.407 e. The zero-order valence-corrected chi connectivity index (χ0v) is 13.5. The minimum Gasteiger partial charge on any atom is -0.464 e. The summed E-state index contributed by atoms with van der Waals surface area (Å²) in [6.07, 6.45) is 2.58. The lowest BCUT2D eigenvalue weighted by molar-refractivity contribution is -0.146. The smallest absolute Gasteiger partial charge is 0.407 e. The van der Waals surface area contributed by atoms with Crippen LogP contribution in [-0.2, 0) is 14.3 Å². The molecule has 1 amide bonds. The van der Waals surface area contributed by atoms with Gasteiger partial charge in [-0.05, 0) is 18.3 Å². The third-order valence-corrected chi connectivity index (χ3v) is 2.51. The number of carbonyl (C=O) groups is 2. The van der Waals surface area contributed by atoms with Crippen LogP contribution in [0.15, 0.2) is 0 Å². The van der Waals surface area contributed by atoms with Gasteiger partial charge in [-0.1, -0.05) is 47.5 Å². The monoisotopic (exact) mass is 287 g/mol. The van der Waals surface area contributed by atoms with E-state index in [1.807, 2.05) is 34.6 Å². The first-order valence-corrected chi connectivity index (χ1v) is 7.40. The molecule has 1 atom stereocenters. The molecule has 0 radical (unpaired) electrons. The van der Waals surface area contributed by atoms with Crippen LogP contribution in [0.2, 0.25) is 0 Å². The topological polar surface area (TPSA) is 64.6 Å². The Morgan fingerprint density at radius 1 is 1.10 bits per heavy atom. The molecule has 1 unspecified atom stereocenters. The number of hydrogen-bond donors (Lipinski definition) is 1. The summed E-state index contributed by atoms with van der Waals surface area (Å²) in [6.45, 7) is 10.6. The highest BCUT2D eigenvalue weighted by Gasteiger charge is 2.23. The van der Waals surface area contributed by atoms with Crippen molar-refractivity contribution >= 4 is 12.1 Å². The minimum absolute atomic E-state index is 0.0982. The summed E-state index contributed by atoms with van der Waals surface area (Å²) in [6, 6.07) is -0.617. The van der Waals surface area contributed by atoms with E-state index < -0.39 is 12.1 Å². The van der Waals surface area contributed by atoms with E-state index in [1.54, 1.807) is 0 Å². The van der Waals surface area contributed by atoms with Crippen molar-refractivity contribution in [2.24, 2.45) is 5.41 Å². The quantitative estimate of drug-likeness (QED) is 0.696. The second-order valence-electron chi connectivity index (χ2n) is 6.14. The molecule has 0 aliphatic heterocycles. The largest absolute Gasteiger partial charge is 0.464 e. The Morgan fingerprint density at radius 2 is 1.75 bits per heavy atom. The fraction of sp³-hybridized carbons (Fsp3) is 0.867. The summed E-state index contributed by atoms with van der Waals surface area (Å²) >= 11 is 0. The molecule has 0 spiro atoms. The lowest BCUT2D eigenvalue weighted by atomic mass is 9.99. The van der Waals surface area contributed by atoms with E-state index in [0.717, 1.165) is 19.3 Å². The van der Waals surface area contributed by atoms with E-state index in [4.69, 9.17) is 9.47 Å². The molecule has 0 aromatic carbocycles. The molecule has 0 bridgehead atoms. The molecular formula is C15H29NO4. The molecule has 5 nitrogen and oxygen atoms in total. The van der Waals surface area contributed by atoms with Gasteiger partial charge in [-0.15, -0.1) is 0 Å². The second kappa shape index (κ2) is 9.61. The normalized spacial score (nSPS) is 12.7. The van der Waals surface area contributed by atoms with Crippen LogP contribution in [0.25, 0.3) is 0 Å². The number of esters is 1. The van der Waals surface area contributed by atoms with E-state index in [-0.39, 0.29) is 11.4 Å². The van der Waals surface area contributed by atoms with Gasteiger partial charge in [0.15, 0.2) is 0 Å². The molecule has 0 saturated heterocycles. The summed E-state index contributed by atoms with van der Waals surface area (Å²) in [5.41, 5.74) is -0.0982. The number of alkyl carbamates (subject to hydrolysis) is 1. The molecule has 0 saturated carbocycles. The van der Waals surface area contributed by atoms with E-state index in [9.17, 15) is 9.59 Å². The van der Waals surface area contributed by atoms with Crippen LogP contribution in [0.3, 0.4) is 0 Å². The number of rotatable bonds is 8. The van der Waals surface area contributed by atoms with Crippen molar-refractivity contribution in [3.8, 4) is 0 Å². The molecule has 20 heavy (non-hydrogen) atoms. The highest BCUT2D eigenvalue weighted by atomic mass is 16.6. The van der Waals surface area contributed by atoms with E-state index in [2.05, 4.69) is 5.32 Å². The van der Waals surface area contributed by atoms with Crippen molar-refractivity contribution in [2.75, 3.05) is 13.2 Å². The molecule has 118 valence electrons. The first-order valence-electron chi connectivity index (χ1n) is 7.40. The van der Waals surface area contributed by atoms with Crippen molar-refractivity contribution in [3.63, 3.8) is 0 Å². The Balaban J connectivity index is 4.33. The van der Waals surface area contributed by atoms with Crippen molar-refractivity contribution in [1.82, 2.24) is 5.32 Å². The van der Waals surface area contributed by atoms with Gasteiger partial charge in [-0.25, -0.2) is 9.59 Å². The number of amides is 1. The van der Waals surface area contributed by atoms with Crippen LogP contribution in [0.4, 0.5) is 4.79 Å². The molecule has 5 heteroatoms. The van der Waals surface area contributed by atoms with Crippen molar-refractivity contribution < 1.29 is 19.1 Å². The first-order chi connectivity index (χ1) is 9.30. The van der Waals surface area contributed by atoms with Crippen LogP contribution in [0.1, 0.15) is 60.3 Å². The predicted molar refractivity (Wildman–Crippen MR) is 78.5 cm³/mol. The molecule has 0 aromatic rings. The van der Waals surface area contributed by atoms with Gasteiger partial charge >= 0.3 is 12.1 Å². The first kappa shape index (κ1) is 18.7. The van der Waals surface area contributed by atoms with Crippen LogP contribution in [-0.4, -0.2) is 31.3 Å². The van der Waals surface area contributed by atoms with Gasteiger partial charge in [0.2, 0.25) is 0 Å². The lowest BCUT2D eigenvalue weighted by Crippen LogP contribution is -2.42. The Morgan fingerprint density at radius 3 is 2.25 bits per heavy atom. The summed E-state index contributed by atoms with van der Waals surface area (Å²) in [5, 5.41) is 2.60. The molecule has 0 aliphatic rings.